The summed E-state index contributed by atoms with van der Waals surface area (Å²) in [5.41, 5.74) is 2.44. The maximum atomic E-state index is 5.60. The van der Waals surface area contributed by atoms with Gasteiger partial charge >= 0.3 is 0 Å². The zero-order valence-electron chi connectivity index (χ0n) is 13.6. The van der Waals surface area contributed by atoms with Crippen molar-refractivity contribution in [2.24, 2.45) is 0 Å². The van der Waals surface area contributed by atoms with Crippen molar-refractivity contribution in [1.82, 2.24) is 15.0 Å². The molecule has 4 heterocycles. The summed E-state index contributed by atoms with van der Waals surface area (Å²) < 4.78 is 11.0. The summed E-state index contributed by atoms with van der Waals surface area (Å²) in [5, 5.41) is 4.36. The number of hydrogen-bond donors (Lipinski definition) is 0. The summed E-state index contributed by atoms with van der Waals surface area (Å²) in [7, 11) is 0. The molecule has 124 valence electrons. The van der Waals surface area contributed by atoms with E-state index >= 15 is 0 Å². The predicted molar refractivity (Wildman–Crippen MR) is 89.5 cm³/mol. The molecule has 0 N–H and O–H groups in total. The van der Waals surface area contributed by atoms with Crippen LogP contribution in [0, 0.1) is 6.92 Å². The van der Waals surface area contributed by atoms with Crippen LogP contribution in [0.4, 0.5) is 0 Å². The second kappa shape index (κ2) is 6.73. The van der Waals surface area contributed by atoms with Gasteiger partial charge in [0.05, 0.1) is 13.2 Å². The second-order valence-corrected chi connectivity index (χ2v) is 7.76. The quantitative estimate of drug-likeness (QED) is 0.860. The highest BCUT2D eigenvalue weighted by Crippen LogP contribution is 2.26. The Morgan fingerprint density at radius 2 is 2.00 bits per heavy atom. The van der Waals surface area contributed by atoms with E-state index in [2.05, 4.69) is 34.0 Å². The summed E-state index contributed by atoms with van der Waals surface area (Å²) in [4.78, 5) is 7.74. The maximum absolute atomic E-state index is 5.60. The normalized spacial score (nSPS) is 19.9. The second-order valence-electron chi connectivity index (χ2n) is 6.39. The first-order valence-corrected chi connectivity index (χ1v) is 9.13. The first-order chi connectivity index (χ1) is 11.3. The lowest BCUT2D eigenvalue weighted by molar-refractivity contribution is 0.0331. The Hall–Kier alpha value is -1.21. The minimum atomic E-state index is 0.823. The average molecular weight is 333 g/mol. The largest absolute Gasteiger partial charge is 0.379 e. The van der Waals surface area contributed by atoms with Crippen LogP contribution >= 0.6 is 11.3 Å². The van der Waals surface area contributed by atoms with Crippen molar-refractivity contribution >= 4 is 11.3 Å². The highest BCUT2D eigenvalue weighted by molar-refractivity contribution is 7.11. The van der Waals surface area contributed by atoms with Crippen molar-refractivity contribution in [3.05, 3.63) is 38.9 Å². The van der Waals surface area contributed by atoms with E-state index in [-0.39, 0.29) is 0 Å². The molecule has 0 unspecified atom stereocenters. The summed E-state index contributed by atoms with van der Waals surface area (Å²) in [5.74, 6) is 1.09. The average Bonchev–Trinajstić information content (AvgIpc) is 3.15. The summed E-state index contributed by atoms with van der Waals surface area (Å²) >= 11 is 1.89. The number of morpholine rings is 1. The molecule has 6 heteroatoms. The van der Waals surface area contributed by atoms with Gasteiger partial charge in [0.2, 0.25) is 0 Å². The Balaban J connectivity index is 1.44. The van der Waals surface area contributed by atoms with Crippen LogP contribution in [0.3, 0.4) is 0 Å². The van der Waals surface area contributed by atoms with Gasteiger partial charge in [-0.2, -0.15) is 0 Å². The zero-order chi connectivity index (χ0) is 15.6. The van der Waals surface area contributed by atoms with Crippen molar-refractivity contribution in [3.63, 3.8) is 0 Å². The van der Waals surface area contributed by atoms with Crippen molar-refractivity contribution in [2.45, 2.75) is 33.0 Å². The van der Waals surface area contributed by atoms with Gasteiger partial charge in [0.25, 0.3) is 0 Å². The number of rotatable bonds is 4. The lowest BCUT2D eigenvalue weighted by Crippen LogP contribution is -2.36. The molecule has 0 aromatic carbocycles. The molecule has 2 aromatic heterocycles. The third-order valence-electron chi connectivity index (χ3n) is 4.64. The molecule has 4 rings (SSSR count). The Kier molecular flexibility index (Phi) is 4.48. The van der Waals surface area contributed by atoms with Crippen LogP contribution in [0.5, 0.6) is 0 Å². The van der Waals surface area contributed by atoms with E-state index in [9.17, 15) is 0 Å². The van der Waals surface area contributed by atoms with Gasteiger partial charge in [0.15, 0.2) is 0 Å². The standard InChI is InChI=1S/C17H23N3O2S/c1-13-2-3-14(23-13)10-20-5-4-17-15(11-20)16(18-22-17)12-19-6-8-21-9-7-19/h2-3H,4-12H2,1H3. The molecule has 0 saturated carbocycles. The minimum absolute atomic E-state index is 0.823. The van der Waals surface area contributed by atoms with E-state index in [1.807, 2.05) is 11.3 Å². The van der Waals surface area contributed by atoms with Crippen LogP contribution in [-0.4, -0.2) is 47.8 Å². The SMILES string of the molecule is Cc1ccc(CN2CCc3onc(CN4CCOCC4)c3C2)s1. The van der Waals surface area contributed by atoms with Gasteiger partial charge < -0.3 is 9.26 Å². The Morgan fingerprint density at radius 3 is 2.78 bits per heavy atom. The Labute approximate surface area is 140 Å². The number of hydrogen-bond acceptors (Lipinski definition) is 6. The van der Waals surface area contributed by atoms with Crippen molar-refractivity contribution in [3.8, 4) is 0 Å². The highest BCUT2D eigenvalue weighted by atomic mass is 32.1. The highest BCUT2D eigenvalue weighted by Gasteiger charge is 2.25. The van der Waals surface area contributed by atoms with Gasteiger partial charge in [0.1, 0.15) is 11.5 Å². The van der Waals surface area contributed by atoms with Crippen molar-refractivity contribution < 1.29 is 9.26 Å². The van der Waals surface area contributed by atoms with E-state index in [1.54, 1.807) is 0 Å². The molecule has 2 aromatic rings. The Bertz CT molecular complexity index is 661. The predicted octanol–water partition coefficient (Wildman–Crippen LogP) is 2.44. The molecule has 23 heavy (non-hydrogen) atoms. The van der Waals surface area contributed by atoms with Crippen LogP contribution in [0.25, 0.3) is 0 Å². The number of nitrogens with zero attached hydrogens (tertiary/aromatic N) is 3. The molecule has 2 aliphatic rings. The van der Waals surface area contributed by atoms with E-state index in [4.69, 9.17) is 9.26 Å². The van der Waals surface area contributed by atoms with E-state index in [0.29, 0.717) is 0 Å². The van der Waals surface area contributed by atoms with Crippen molar-refractivity contribution in [2.75, 3.05) is 32.8 Å². The third kappa shape index (κ3) is 3.50. The fourth-order valence-corrected chi connectivity index (χ4v) is 4.27. The molecule has 0 radical (unpaired) electrons. The minimum Gasteiger partial charge on any atom is -0.379 e. The van der Waals surface area contributed by atoms with E-state index in [0.717, 1.165) is 70.4 Å². The van der Waals surface area contributed by atoms with Gasteiger partial charge in [0, 0.05) is 61.0 Å². The summed E-state index contributed by atoms with van der Waals surface area (Å²) in [6.07, 6.45) is 0.968. The summed E-state index contributed by atoms with van der Waals surface area (Å²) in [6, 6.07) is 4.45. The Morgan fingerprint density at radius 1 is 1.13 bits per heavy atom. The summed E-state index contributed by atoms with van der Waals surface area (Å²) in [6.45, 7) is 9.70. The number of ether oxygens (including phenoxy) is 1. The van der Waals surface area contributed by atoms with Gasteiger partial charge in [-0.3, -0.25) is 9.80 Å². The van der Waals surface area contributed by atoms with Crippen LogP contribution in [-0.2, 0) is 30.8 Å². The maximum Gasteiger partial charge on any atom is 0.142 e. The molecule has 0 atom stereocenters. The number of aryl methyl sites for hydroxylation is 1. The first kappa shape index (κ1) is 15.3. The zero-order valence-corrected chi connectivity index (χ0v) is 14.4. The molecule has 1 fully saturated rings. The van der Waals surface area contributed by atoms with Gasteiger partial charge in [-0.25, -0.2) is 0 Å². The molecular formula is C17H23N3O2S. The fourth-order valence-electron chi connectivity index (χ4n) is 3.34. The molecule has 0 bridgehead atoms. The van der Waals surface area contributed by atoms with E-state index < -0.39 is 0 Å². The monoisotopic (exact) mass is 333 g/mol. The smallest absolute Gasteiger partial charge is 0.142 e. The lowest BCUT2D eigenvalue weighted by Gasteiger charge is -2.28. The molecule has 2 aliphatic heterocycles. The van der Waals surface area contributed by atoms with Crippen LogP contribution in [0.15, 0.2) is 16.7 Å². The molecule has 0 aliphatic carbocycles. The first-order valence-electron chi connectivity index (χ1n) is 8.32. The molecule has 5 nitrogen and oxygen atoms in total. The molecule has 0 amide bonds. The fraction of sp³-hybridized carbons (Fsp3) is 0.588. The lowest BCUT2D eigenvalue weighted by atomic mass is 10.1. The van der Waals surface area contributed by atoms with E-state index in [1.165, 1.54) is 15.3 Å². The molecular weight excluding hydrogens is 310 g/mol. The van der Waals surface area contributed by atoms with Crippen LogP contribution < -0.4 is 0 Å². The third-order valence-corrected chi connectivity index (χ3v) is 5.63. The number of aromatic nitrogens is 1. The molecule has 1 saturated heterocycles. The number of fused-ring (bicyclic) bond motifs is 1. The van der Waals surface area contributed by atoms with Gasteiger partial charge in [-0.05, 0) is 19.1 Å². The van der Waals surface area contributed by atoms with Crippen LogP contribution in [0.1, 0.15) is 26.8 Å². The number of thiophene rings is 1. The van der Waals surface area contributed by atoms with Gasteiger partial charge in [-0.15, -0.1) is 11.3 Å². The van der Waals surface area contributed by atoms with Crippen molar-refractivity contribution in [1.29, 1.82) is 0 Å². The molecule has 0 spiro atoms. The topological polar surface area (TPSA) is 41.7 Å². The van der Waals surface area contributed by atoms with Crippen LogP contribution in [0.2, 0.25) is 0 Å². The van der Waals surface area contributed by atoms with Gasteiger partial charge in [-0.1, -0.05) is 5.16 Å².